The molecule has 5 N–H and O–H groups in total. The Bertz CT molecular complexity index is 1770. The van der Waals surface area contributed by atoms with Gasteiger partial charge in [0.25, 0.3) is 0 Å². The number of nitrogens with two attached hydrogens (primary N) is 1. The van der Waals surface area contributed by atoms with Crippen molar-refractivity contribution < 1.29 is 9.59 Å². The van der Waals surface area contributed by atoms with E-state index in [1.54, 1.807) is 29.2 Å². The Labute approximate surface area is 265 Å². The molecule has 6 rings (SSSR count). The molecule has 1 aliphatic heterocycles. The van der Waals surface area contributed by atoms with Crippen LogP contribution in [0.5, 0.6) is 0 Å². The molecule has 3 heterocycles. The van der Waals surface area contributed by atoms with E-state index in [-0.39, 0.29) is 24.2 Å². The molecule has 8 nitrogen and oxygen atoms in total. The van der Waals surface area contributed by atoms with Gasteiger partial charge < -0.3 is 25.9 Å². The SMILES string of the molecule is Cl.N#Cc1ccc(N2CCC(C(=O)NCCc3c[nH]c4ccc(Cl)cc34)C2=O)cc1.NCCc1c[nH]c2ccc(Cl)cc12. The van der Waals surface area contributed by atoms with Crippen LogP contribution in [-0.4, -0.2) is 41.4 Å². The first-order valence-corrected chi connectivity index (χ1v) is 14.4. The number of carbonyl (C=O) groups excluding carboxylic acids is 2. The number of carbonyl (C=O) groups is 2. The van der Waals surface area contributed by atoms with Gasteiger partial charge in [-0.25, -0.2) is 0 Å². The summed E-state index contributed by atoms with van der Waals surface area (Å²) in [6, 6.07) is 20.4. The van der Waals surface area contributed by atoms with Crippen LogP contribution >= 0.6 is 35.6 Å². The predicted molar refractivity (Wildman–Crippen MR) is 175 cm³/mol. The van der Waals surface area contributed by atoms with Crippen molar-refractivity contribution in [1.82, 2.24) is 15.3 Å². The van der Waals surface area contributed by atoms with Crippen LogP contribution in [-0.2, 0) is 22.4 Å². The lowest BCUT2D eigenvalue weighted by Crippen LogP contribution is -2.37. The molecule has 3 aromatic carbocycles. The monoisotopic (exact) mass is 636 g/mol. The first-order valence-electron chi connectivity index (χ1n) is 13.7. The summed E-state index contributed by atoms with van der Waals surface area (Å²) in [6.07, 6.45) is 5.92. The molecule has 5 aromatic rings. The van der Waals surface area contributed by atoms with Gasteiger partial charge in [0, 0.05) is 63.0 Å². The molecule has 1 fully saturated rings. The quantitative estimate of drug-likeness (QED) is 0.160. The van der Waals surface area contributed by atoms with Gasteiger partial charge in [-0.1, -0.05) is 23.2 Å². The van der Waals surface area contributed by atoms with Crippen LogP contribution in [0.25, 0.3) is 21.8 Å². The number of hydrogen-bond donors (Lipinski definition) is 4. The Morgan fingerprint density at radius 1 is 0.953 bits per heavy atom. The summed E-state index contributed by atoms with van der Waals surface area (Å²) >= 11 is 12.0. The number of rotatable bonds is 7. The average molecular weight is 638 g/mol. The Balaban J connectivity index is 0.000000253. The fourth-order valence-corrected chi connectivity index (χ4v) is 5.55. The highest BCUT2D eigenvalue weighted by atomic mass is 35.5. The van der Waals surface area contributed by atoms with E-state index in [1.165, 1.54) is 10.9 Å². The van der Waals surface area contributed by atoms with E-state index < -0.39 is 5.92 Å². The van der Waals surface area contributed by atoms with Crippen molar-refractivity contribution in [3.8, 4) is 6.07 Å². The van der Waals surface area contributed by atoms with Gasteiger partial charge in [0.05, 0.1) is 11.6 Å². The molecule has 0 saturated carbocycles. The molecule has 2 aromatic heterocycles. The number of hydrogen-bond acceptors (Lipinski definition) is 4. The normalized spacial score (nSPS) is 14.2. The van der Waals surface area contributed by atoms with E-state index in [1.807, 2.05) is 48.8 Å². The Kier molecular flexibility index (Phi) is 10.7. The van der Waals surface area contributed by atoms with Crippen molar-refractivity contribution in [3.05, 3.63) is 99.8 Å². The fraction of sp³-hybridized carbons (Fsp3) is 0.219. The smallest absolute Gasteiger partial charge is 0.239 e. The molecule has 0 aliphatic carbocycles. The molecule has 1 atom stereocenters. The van der Waals surface area contributed by atoms with Gasteiger partial charge >= 0.3 is 0 Å². The highest BCUT2D eigenvalue weighted by molar-refractivity contribution is 6.31. The zero-order chi connectivity index (χ0) is 29.6. The van der Waals surface area contributed by atoms with Crippen molar-refractivity contribution in [2.75, 3.05) is 24.5 Å². The van der Waals surface area contributed by atoms with Crippen LogP contribution in [0.4, 0.5) is 5.69 Å². The number of nitrogens with one attached hydrogen (secondary N) is 3. The van der Waals surface area contributed by atoms with E-state index in [9.17, 15) is 9.59 Å². The van der Waals surface area contributed by atoms with Crippen molar-refractivity contribution >= 4 is 74.9 Å². The van der Waals surface area contributed by atoms with Crippen molar-refractivity contribution in [1.29, 1.82) is 5.26 Å². The summed E-state index contributed by atoms with van der Waals surface area (Å²) in [5.74, 6) is -1.13. The minimum atomic E-state index is -0.678. The molecule has 222 valence electrons. The van der Waals surface area contributed by atoms with Gasteiger partial charge in [-0.3, -0.25) is 9.59 Å². The van der Waals surface area contributed by atoms with Crippen LogP contribution in [0.3, 0.4) is 0 Å². The van der Waals surface area contributed by atoms with Gasteiger partial charge in [0.1, 0.15) is 5.92 Å². The highest BCUT2D eigenvalue weighted by Gasteiger charge is 2.37. The molecule has 1 unspecified atom stereocenters. The topological polar surface area (TPSA) is 131 Å². The Hall–Kier alpha value is -4.00. The van der Waals surface area contributed by atoms with E-state index in [2.05, 4.69) is 21.4 Å². The molecule has 1 aliphatic rings. The second kappa shape index (κ2) is 14.5. The summed E-state index contributed by atoms with van der Waals surface area (Å²) in [7, 11) is 0. The minimum Gasteiger partial charge on any atom is -0.361 e. The number of anilines is 1. The Morgan fingerprint density at radius 3 is 2.09 bits per heavy atom. The molecular weight excluding hydrogens is 607 g/mol. The van der Waals surface area contributed by atoms with Crippen LogP contribution in [0, 0.1) is 17.2 Å². The van der Waals surface area contributed by atoms with E-state index in [0.717, 1.165) is 33.4 Å². The summed E-state index contributed by atoms with van der Waals surface area (Å²) in [5.41, 5.74) is 11.2. The molecular formula is C32H31Cl3N6O2. The maximum Gasteiger partial charge on any atom is 0.239 e. The van der Waals surface area contributed by atoms with Crippen molar-refractivity contribution in [3.63, 3.8) is 0 Å². The van der Waals surface area contributed by atoms with Crippen LogP contribution in [0.1, 0.15) is 23.1 Å². The number of fused-ring (bicyclic) bond motifs is 2. The van der Waals surface area contributed by atoms with Crippen molar-refractivity contribution in [2.24, 2.45) is 11.7 Å². The molecule has 0 radical (unpaired) electrons. The third-order valence-corrected chi connectivity index (χ3v) is 7.87. The molecule has 2 amide bonds. The predicted octanol–water partition coefficient (Wildman–Crippen LogP) is 6.15. The van der Waals surface area contributed by atoms with Gasteiger partial charge in [0.2, 0.25) is 11.8 Å². The molecule has 1 saturated heterocycles. The fourth-order valence-electron chi connectivity index (χ4n) is 5.21. The number of amides is 2. The highest BCUT2D eigenvalue weighted by Crippen LogP contribution is 2.26. The van der Waals surface area contributed by atoms with Gasteiger partial charge in [0.15, 0.2) is 0 Å². The third-order valence-electron chi connectivity index (χ3n) is 7.40. The number of aromatic amines is 2. The Morgan fingerprint density at radius 2 is 1.53 bits per heavy atom. The van der Waals surface area contributed by atoms with Crippen LogP contribution in [0.2, 0.25) is 10.0 Å². The van der Waals surface area contributed by atoms with E-state index in [4.69, 9.17) is 34.2 Å². The molecule has 11 heteroatoms. The van der Waals surface area contributed by atoms with Crippen molar-refractivity contribution in [2.45, 2.75) is 19.3 Å². The maximum atomic E-state index is 12.7. The number of benzene rings is 3. The number of halogens is 3. The second-order valence-electron chi connectivity index (χ2n) is 10.1. The molecule has 0 spiro atoms. The van der Waals surface area contributed by atoms with Gasteiger partial charge in [-0.2, -0.15) is 5.26 Å². The first-order chi connectivity index (χ1) is 20.4. The van der Waals surface area contributed by atoms with Gasteiger partial charge in [-0.15, -0.1) is 12.4 Å². The lowest BCUT2D eigenvalue weighted by molar-refractivity contribution is -0.132. The summed E-state index contributed by atoms with van der Waals surface area (Å²) in [4.78, 5) is 33.2. The maximum absolute atomic E-state index is 12.7. The zero-order valence-corrected chi connectivity index (χ0v) is 25.5. The molecule has 43 heavy (non-hydrogen) atoms. The standard InChI is InChI=1S/C22H19ClN4O2.C10H11ClN2.ClH/c23-16-3-6-20-19(11-16)15(13-26-20)7-9-25-21(28)18-8-10-27(22(18)29)17-4-1-14(12-24)2-5-17;11-8-1-2-10-9(5-8)7(3-4-12)6-13-10;/h1-6,11,13,18,26H,7-10H2,(H,25,28);1-2,5-6,13H,3-4,12H2;1H. The number of aromatic nitrogens is 2. The number of H-pyrrole nitrogens is 2. The largest absolute Gasteiger partial charge is 0.361 e. The number of nitriles is 1. The first kappa shape index (κ1) is 31.9. The second-order valence-corrected chi connectivity index (χ2v) is 11.0. The zero-order valence-electron chi connectivity index (χ0n) is 23.2. The average Bonchev–Trinajstić information content (AvgIpc) is 3.70. The summed E-state index contributed by atoms with van der Waals surface area (Å²) in [6.45, 7) is 1.60. The van der Waals surface area contributed by atoms with E-state index in [0.29, 0.717) is 48.7 Å². The third kappa shape index (κ3) is 7.32. The van der Waals surface area contributed by atoms with Crippen LogP contribution in [0.15, 0.2) is 73.1 Å². The van der Waals surface area contributed by atoms with Gasteiger partial charge in [-0.05, 0) is 97.6 Å². The molecule has 0 bridgehead atoms. The summed E-state index contributed by atoms with van der Waals surface area (Å²) in [5, 5.41) is 15.4. The minimum absolute atomic E-state index is 0. The van der Waals surface area contributed by atoms with Crippen LogP contribution < -0.4 is 16.0 Å². The van der Waals surface area contributed by atoms with E-state index >= 15 is 0 Å². The lowest BCUT2D eigenvalue weighted by atomic mass is 10.1. The summed E-state index contributed by atoms with van der Waals surface area (Å²) < 4.78 is 0. The number of nitrogens with zero attached hydrogens (tertiary/aromatic N) is 2. The lowest BCUT2D eigenvalue weighted by Gasteiger charge is -2.16.